The quantitative estimate of drug-likeness (QED) is 0.235. The lowest BCUT2D eigenvalue weighted by Gasteiger charge is -2.08. The molecule has 3 nitrogen and oxygen atoms in total. The van der Waals surface area contributed by atoms with Crippen molar-refractivity contribution in [3.8, 4) is 0 Å². The largest absolute Gasteiger partial charge is 0.399 e. The lowest BCUT2D eigenvalue weighted by atomic mass is 10.0. The molecule has 1 aromatic carbocycles. The topological polar surface area (TPSA) is 61.3 Å². The van der Waals surface area contributed by atoms with E-state index in [0.717, 1.165) is 30.0 Å². The van der Waals surface area contributed by atoms with Crippen molar-refractivity contribution in [2.45, 2.75) is 103 Å². The van der Waals surface area contributed by atoms with E-state index in [4.69, 9.17) is 16.2 Å². The monoisotopic (exact) mass is 362 g/mol. The Balaban J connectivity index is 1.80. The van der Waals surface area contributed by atoms with Crippen LogP contribution >= 0.6 is 0 Å². The van der Waals surface area contributed by atoms with Gasteiger partial charge >= 0.3 is 0 Å². The number of hydrogen-bond acceptors (Lipinski definition) is 3. The highest BCUT2D eigenvalue weighted by Crippen LogP contribution is 2.17. The zero-order valence-corrected chi connectivity index (χ0v) is 17.1. The third kappa shape index (κ3) is 12.2. The molecule has 4 N–H and O–H groups in total. The number of rotatable bonds is 17. The first-order chi connectivity index (χ1) is 12.7. The van der Waals surface area contributed by atoms with E-state index >= 15 is 0 Å². The molecule has 0 atom stereocenters. The molecular weight excluding hydrogens is 320 g/mol. The summed E-state index contributed by atoms with van der Waals surface area (Å²) in [7, 11) is 0. The molecule has 0 aliphatic rings. The van der Waals surface area contributed by atoms with Crippen LogP contribution in [0.15, 0.2) is 18.2 Å². The van der Waals surface area contributed by atoms with Crippen LogP contribution in [-0.2, 0) is 11.3 Å². The van der Waals surface area contributed by atoms with Gasteiger partial charge in [0.05, 0.1) is 6.61 Å². The summed E-state index contributed by atoms with van der Waals surface area (Å²) in [6.45, 7) is 3.66. The minimum absolute atomic E-state index is 0.565. The van der Waals surface area contributed by atoms with Crippen molar-refractivity contribution >= 4 is 11.4 Å². The third-order valence-electron chi connectivity index (χ3n) is 5.07. The van der Waals surface area contributed by atoms with Crippen LogP contribution in [-0.4, -0.2) is 6.61 Å². The highest BCUT2D eigenvalue weighted by atomic mass is 16.5. The molecule has 0 spiro atoms. The minimum atomic E-state index is 0.565. The van der Waals surface area contributed by atoms with Crippen molar-refractivity contribution in [2.75, 3.05) is 18.1 Å². The Morgan fingerprint density at radius 3 is 1.73 bits per heavy atom. The Kier molecular flexibility index (Phi) is 14.0. The summed E-state index contributed by atoms with van der Waals surface area (Å²) in [4.78, 5) is 0. The third-order valence-corrected chi connectivity index (χ3v) is 5.07. The Morgan fingerprint density at radius 1 is 0.692 bits per heavy atom. The van der Waals surface area contributed by atoms with Gasteiger partial charge in [-0.3, -0.25) is 0 Å². The van der Waals surface area contributed by atoms with Crippen molar-refractivity contribution in [1.29, 1.82) is 0 Å². The van der Waals surface area contributed by atoms with Crippen molar-refractivity contribution in [3.05, 3.63) is 23.8 Å². The zero-order chi connectivity index (χ0) is 18.9. The summed E-state index contributed by atoms with van der Waals surface area (Å²) in [5, 5.41) is 0. The summed E-state index contributed by atoms with van der Waals surface area (Å²) in [6, 6.07) is 5.58. The van der Waals surface area contributed by atoms with E-state index in [-0.39, 0.29) is 0 Å². The summed E-state index contributed by atoms with van der Waals surface area (Å²) >= 11 is 0. The van der Waals surface area contributed by atoms with Gasteiger partial charge < -0.3 is 16.2 Å². The predicted octanol–water partition coefficient (Wildman–Crippen LogP) is 6.85. The Hall–Kier alpha value is -1.22. The number of ether oxygens (including phenoxy) is 1. The van der Waals surface area contributed by atoms with E-state index in [1.165, 1.54) is 83.5 Å². The summed E-state index contributed by atoms with van der Waals surface area (Å²) in [5.41, 5.74) is 14.2. The van der Waals surface area contributed by atoms with Crippen molar-refractivity contribution in [3.63, 3.8) is 0 Å². The van der Waals surface area contributed by atoms with Gasteiger partial charge in [0.1, 0.15) is 0 Å². The van der Waals surface area contributed by atoms with Crippen LogP contribution in [0.2, 0.25) is 0 Å². The standard InChI is InChI=1S/C23H42N2O/c1-2-3-4-5-6-7-8-9-10-11-12-13-14-15-18-26-20-21-19-22(24)16-17-23(21)25/h16-17,19H,2-15,18,20,24-25H2,1H3. The predicted molar refractivity (Wildman–Crippen MR) is 115 cm³/mol. The van der Waals surface area contributed by atoms with Gasteiger partial charge in [-0.25, -0.2) is 0 Å². The van der Waals surface area contributed by atoms with Gasteiger partial charge in [-0.2, -0.15) is 0 Å². The average Bonchev–Trinajstić information content (AvgIpc) is 2.64. The fourth-order valence-corrected chi connectivity index (χ4v) is 3.33. The first-order valence-electron chi connectivity index (χ1n) is 11.0. The summed E-state index contributed by atoms with van der Waals surface area (Å²) in [5.74, 6) is 0. The first kappa shape index (κ1) is 22.8. The van der Waals surface area contributed by atoms with E-state index in [0.29, 0.717) is 6.61 Å². The van der Waals surface area contributed by atoms with Crippen molar-refractivity contribution < 1.29 is 4.74 Å². The maximum atomic E-state index is 5.92. The molecule has 0 heterocycles. The molecule has 0 unspecified atom stereocenters. The second-order valence-corrected chi connectivity index (χ2v) is 7.61. The summed E-state index contributed by atoms with van der Waals surface area (Å²) in [6.07, 6.45) is 19.3. The molecule has 0 bridgehead atoms. The molecule has 0 fully saturated rings. The fourth-order valence-electron chi connectivity index (χ4n) is 3.33. The molecule has 26 heavy (non-hydrogen) atoms. The van der Waals surface area contributed by atoms with E-state index in [9.17, 15) is 0 Å². The lowest BCUT2D eigenvalue weighted by Crippen LogP contribution is -2.01. The van der Waals surface area contributed by atoms with E-state index in [1.807, 2.05) is 18.2 Å². The van der Waals surface area contributed by atoms with Gasteiger partial charge in [-0.15, -0.1) is 0 Å². The molecule has 1 aromatic rings. The number of unbranched alkanes of at least 4 members (excludes halogenated alkanes) is 13. The van der Waals surface area contributed by atoms with Gasteiger partial charge in [0, 0.05) is 23.5 Å². The normalized spacial score (nSPS) is 11.1. The molecule has 0 amide bonds. The van der Waals surface area contributed by atoms with Crippen LogP contribution in [0.3, 0.4) is 0 Å². The number of hydrogen-bond donors (Lipinski definition) is 2. The number of anilines is 2. The molecule has 150 valence electrons. The second-order valence-electron chi connectivity index (χ2n) is 7.61. The van der Waals surface area contributed by atoms with Gasteiger partial charge in [-0.1, -0.05) is 90.4 Å². The van der Waals surface area contributed by atoms with Gasteiger partial charge in [0.2, 0.25) is 0 Å². The molecule has 0 aliphatic carbocycles. The molecule has 1 rings (SSSR count). The molecule has 0 aromatic heterocycles. The van der Waals surface area contributed by atoms with Gasteiger partial charge in [0.15, 0.2) is 0 Å². The number of benzene rings is 1. The maximum absolute atomic E-state index is 5.92. The number of nitrogens with two attached hydrogens (primary N) is 2. The second kappa shape index (κ2) is 16.0. The smallest absolute Gasteiger partial charge is 0.0737 e. The van der Waals surface area contributed by atoms with Crippen molar-refractivity contribution in [1.82, 2.24) is 0 Å². The minimum Gasteiger partial charge on any atom is -0.399 e. The summed E-state index contributed by atoms with van der Waals surface area (Å²) < 4.78 is 5.73. The van der Waals surface area contributed by atoms with E-state index in [2.05, 4.69) is 6.92 Å². The van der Waals surface area contributed by atoms with Crippen LogP contribution in [0.5, 0.6) is 0 Å². The van der Waals surface area contributed by atoms with Crippen LogP contribution in [0, 0.1) is 0 Å². The lowest BCUT2D eigenvalue weighted by molar-refractivity contribution is 0.117. The SMILES string of the molecule is CCCCCCCCCCCCCCCCOCc1cc(N)ccc1N. The molecule has 0 aliphatic heterocycles. The molecular formula is C23H42N2O. The molecule has 0 saturated carbocycles. The fraction of sp³-hybridized carbons (Fsp3) is 0.739. The number of nitrogen functional groups attached to an aromatic ring is 2. The van der Waals surface area contributed by atoms with Crippen LogP contribution in [0.4, 0.5) is 11.4 Å². The molecule has 3 heteroatoms. The van der Waals surface area contributed by atoms with Crippen LogP contribution in [0.1, 0.15) is 102 Å². The van der Waals surface area contributed by atoms with E-state index < -0.39 is 0 Å². The molecule has 0 radical (unpaired) electrons. The zero-order valence-electron chi connectivity index (χ0n) is 17.1. The van der Waals surface area contributed by atoms with Crippen molar-refractivity contribution in [2.24, 2.45) is 0 Å². The first-order valence-corrected chi connectivity index (χ1v) is 11.0. The Bertz CT molecular complexity index is 448. The van der Waals surface area contributed by atoms with Gasteiger partial charge in [-0.05, 0) is 24.6 Å². The highest BCUT2D eigenvalue weighted by Gasteiger charge is 2.00. The van der Waals surface area contributed by atoms with Crippen LogP contribution < -0.4 is 11.5 Å². The Labute approximate surface area is 161 Å². The van der Waals surface area contributed by atoms with Gasteiger partial charge in [0.25, 0.3) is 0 Å². The maximum Gasteiger partial charge on any atom is 0.0737 e. The molecule has 0 saturated heterocycles. The highest BCUT2D eigenvalue weighted by molar-refractivity contribution is 5.54. The average molecular weight is 363 g/mol. The van der Waals surface area contributed by atoms with E-state index in [1.54, 1.807) is 0 Å². The van der Waals surface area contributed by atoms with Crippen LogP contribution in [0.25, 0.3) is 0 Å². The Morgan fingerprint density at radius 2 is 1.19 bits per heavy atom.